The number of nitrogens with one attached hydrogen (secondary N) is 1. The first-order valence-corrected chi connectivity index (χ1v) is 6.47. The van der Waals surface area contributed by atoms with Gasteiger partial charge in [-0.2, -0.15) is 0 Å². The zero-order valence-electron chi connectivity index (χ0n) is 11.2. The van der Waals surface area contributed by atoms with Crippen LogP contribution in [-0.2, 0) is 11.3 Å². The molecule has 2 rings (SSSR count). The number of halogens is 1. The van der Waals surface area contributed by atoms with Crippen LogP contribution in [-0.4, -0.2) is 35.1 Å². The second-order valence-corrected chi connectivity index (χ2v) is 5.12. The van der Waals surface area contributed by atoms with Crippen molar-refractivity contribution in [3.63, 3.8) is 0 Å². The molecule has 1 fully saturated rings. The normalized spacial score (nSPS) is 21.8. The minimum atomic E-state index is -0.877. The van der Waals surface area contributed by atoms with Gasteiger partial charge in [0.15, 0.2) is 0 Å². The molecule has 1 aromatic carbocycles. The van der Waals surface area contributed by atoms with Gasteiger partial charge in [-0.1, -0.05) is 19.1 Å². The molecule has 5 nitrogen and oxygen atoms in total. The lowest BCUT2D eigenvalue weighted by atomic mass is 9.99. The van der Waals surface area contributed by atoms with E-state index in [1.54, 1.807) is 12.1 Å². The van der Waals surface area contributed by atoms with E-state index in [4.69, 9.17) is 5.11 Å². The Morgan fingerprint density at radius 2 is 2.20 bits per heavy atom. The summed E-state index contributed by atoms with van der Waals surface area (Å²) in [7, 11) is 0. The van der Waals surface area contributed by atoms with Gasteiger partial charge in [-0.3, -0.25) is 4.79 Å². The number of likely N-dealkylation sites (tertiary alicyclic amines) is 1. The Morgan fingerprint density at radius 1 is 1.45 bits per heavy atom. The summed E-state index contributed by atoms with van der Waals surface area (Å²) in [6, 6.07) is 5.67. The number of nitrogens with zero attached hydrogens (tertiary/aromatic N) is 1. The summed E-state index contributed by atoms with van der Waals surface area (Å²) >= 11 is 0. The molecule has 0 spiro atoms. The van der Waals surface area contributed by atoms with E-state index in [2.05, 4.69) is 5.32 Å². The molecule has 2 N–H and O–H groups in total. The highest BCUT2D eigenvalue weighted by Crippen LogP contribution is 2.23. The van der Waals surface area contributed by atoms with E-state index in [9.17, 15) is 14.0 Å². The van der Waals surface area contributed by atoms with Gasteiger partial charge in [0, 0.05) is 19.6 Å². The van der Waals surface area contributed by atoms with Crippen molar-refractivity contribution < 1.29 is 19.1 Å². The van der Waals surface area contributed by atoms with Gasteiger partial charge in [0.05, 0.1) is 5.92 Å². The third-order valence-electron chi connectivity index (χ3n) is 3.55. The molecule has 1 aromatic rings. The Balaban J connectivity index is 1.88. The van der Waals surface area contributed by atoms with Crippen LogP contribution in [0.5, 0.6) is 0 Å². The van der Waals surface area contributed by atoms with Crippen LogP contribution >= 0.6 is 0 Å². The van der Waals surface area contributed by atoms with Crippen molar-refractivity contribution in [2.45, 2.75) is 13.5 Å². The van der Waals surface area contributed by atoms with Crippen LogP contribution in [0.15, 0.2) is 24.3 Å². The van der Waals surface area contributed by atoms with Crippen LogP contribution in [0.3, 0.4) is 0 Å². The number of carbonyl (C=O) groups excluding carboxylic acids is 1. The molecule has 0 saturated carbocycles. The molecule has 20 heavy (non-hydrogen) atoms. The number of hydrogen-bond acceptors (Lipinski definition) is 2. The first-order valence-electron chi connectivity index (χ1n) is 6.47. The van der Waals surface area contributed by atoms with E-state index in [0.29, 0.717) is 12.1 Å². The van der Waals surface area contributed by atoms with E-state index >= 15 is 0 Å². The summed E-state index contributed by atoms with van der Waals surface area (Å²) in [6.45, 7) is 2.68. The fourth-order valence-electron chi connectivity index (χ4n) is 2.39. The van der Waals surface area contributed by atoms with E-state index in [1.807, 2.05) is 6.92 Å². The Labute approximate surface area is 116 Å². The van der Waals surface area contributed by atoms with Crippen molar-refractivity contribution in [3.8, 4) is 0 Å². The van der Waals surface area contributed by atoms with Gasteiger partial charge in [0.2, 0.25) is 0 Å². The Hall–Kier alpha value is -2.11. The summed E-state index contributed by atoms with van der Waals surface area (Å²) in [4.78, 5) is 24.4. The molecule has 2 amide bonds. The lowest BCUT2D eigenvalue weighted by molar-refractivity contribution is -0.142. The minimum absolute atomic E-state index is 0.0626. The lowest BCUT2D eigenvalue weighted by Crippen LogP contribution is -2.38. The molecule has 1 aliphatic rings. The zero-order valence-corrected chi connectivity index (χ0v) is 11.2. The molecule has 6 heteroatoms. The molecule has 108 valence electrons. The van der Waals surface area contributed by atoms with Crippen LogP contribution in [0, 0.1) is 17.7 Å². The molecule has 2 atom stereocenters. The molecule has 0 aromatic heterocycles. The van der Waals surface area contributed by atoms with Crippen LogP contribution in [0.25, 0.3) is 0 Å². The van der Waals surface area contributed by atoms with Crippen molar-refractivity contribution in [2.75, 3.05) is 13.1 Å². The van der Waals surface area contributed by atoms with Crippen molar-refractivity contribution in [3.05, 3.63) is 35.6 Å². The fourth-order valence-corrected chi connectivity index (χ4v) is 2.39. The van der Waals surface area contributed by atoms with Gasteiger partial charge in [-0.25, -0.2) is 9.18 Å². The number of carboxylic acid groups (broad SMARTS) is 1. The highest BCUT2D eigenvalue weighted by molar-refractivity contribution is 5.77. The van der Waals surface area contributed by atoms with Gasteiger partial charge in [0.1, 0.15) is 5.82 Å². The molecule has 0 aliphatic carbocycles. The topological polar surface area (TPSA) is 69.6 Å². The number of benzene rings is 1. The largest absolute Gasteiger partial charge is 0.481 e. The SMILES string of the molecule is C[C@@H]1CN(C(=O)NCc2cccc(F)c2)C[C@H]1C(=O)O. The smallest absolute Gasteiger partial charge is 0.317 e. The van der Waals surface area contributed by atoms with Gasteiger partial charge >= 0.3 is 12.0 Å². The van der Waals surface area contributed by atoms with Crippen LogP contribution < -0.4 is 5.32 Å². The number of urea groups is 1. The van der Waals surface area contributed by atoms with E-state index < -0.39 is 11.9 Å². The quantitative estimate of drug-likeness (QED) is 0.885. The number of rotatable bonds is 3. The molecular weight excluding hydrogens is 263 g/mol. The molecule has 1 saturated heterocycles. The number of hydrogen-bond donors (Lipinski definition) is 2. The number of carbonyl (C=O) groups is 2. The van der Waals surface area contributed by atoms with Crippen LogP contribution in [0.2, 0.25) is 0 Å². The van der Waals surface area contributed by atoms with Crippen LogP contribution in [0.1, 0.15) is 12.5 Å². The maximum absolute atomic E-state index is 13.0. The van der Waals surface area contributed by atoms with E-state index in [0.717, 1.165) is 0 Å². The predicted molar refractivity (Wildman–Crippen MR) is 70.5 cm³/mol. The Bertz CT molecular complexity index is 521. The maximum Gasteiger partial charge on any atom is 0.317 e. The number of carboxylic acids is 1. The first kappa shape index (κ1) is 14.3. The molecule has 0 bridgehead atoms. The molecular formula is C14H17FN2O3. The van der Waals surface area contributed by atoms with E-state index in [-0.39, 0.29) is 30.9 Å². The molecule has 0 radical (unpaired) electrons. The summed E-state index contributed by atoms with van der Waals surface area (Å²) in [5.74, 6) is -1.81. The highest BCUT2D eigenvalue weighted by atomic mass is 19.1. The average molecular weight is 280 g/mol. The van der Waals surface area contributed by atoms with Crippen molar-refractivity contribution in [2.24, 2.45) is 11.8 Å². The Morgan fingerprint density at radius 3 is 2.80 bits per heavy atom. The van der Waals surface area contributed by atoms with Gasteiger partial charge in [-0.05, 0) is 23.6 Å². The summed E-state index contributed by atoms with van der Waals surface area (Å²) in [5.41, 5.74) is 0.667. The average Bonchev–Trinajstić information content (AvgIpc) is 2.78. The van der Waals surface area contributed by atoms with Crippen molar-refractivity contribution >= 4 is 12.0 Å². The minimum Gasteiger partial charge on any atom is -0.481 e. The monoisotopic (exact) mass is 280 g/mol. The van der Waals surface area contributed by atoms with E-state index in [1.165, 1.54) is 17.0 Å². The maximum atomic E-state index is 13.0. The van der Waals surface area contributed by atoms with Crippen molar-refractivity contribution in [1.82, 2.24) is 10.2 Å². The standard InChI is InChI=1S/C14H17FN2O3/c1-9-7-17(8-12(9)13(18)19)14(20)16-6-10-3-2-4-11(15)5-10/h2-5,9,12H,6-8H2,1H3,(H,16,20)(H,18,19)/t9-,12-/m1/s1. The predicted octanol–water partition coefficient (Wildman–Crippen LogP) is 1.69. The first-order chi connectivity index (χ1) is 9.47. The van der Waals surface area contributed by atoms with Gasteiger partial charge < -0.3 is 15.3 Å². The lowest BCUT2D eigenvalue weighted by Gasteiger charge is -2.16. The molecule has 0 unspecified atom stereocenters. The third-order valence-corrected chi connectivity index (χ3v) is 3.55. The Kier molecular flexibility index (Phi) is 4.22. The second kappa shape index (κ2) is 5.90. The molecule has 1 heterocycles. The third kappa shape index (κ3) is 3.26. The number of aliphatic carboxylic acids is 1. The van der Waals surface area contributed by atoms with Gasteiger partial charge in [-0.15, -0.1) is 0 Å². The summed E-state index contributed by atoms with van der Waals surface area (Å²) < 4.78 is 13.0. The van der Waals surface area contributed by atoms with Crippen LogP contribution in [0.4, 0.5) is 9.18 Å². The number of amides is 2. The summed E-state index contributed by atoms with van der Waals surface area (Å²) in [5, 5.41) is 11.7. The zero-order chi connectivity index (χ0) is 14.7. The molecule has 1 aliphatic heterocycles. The highest BCUT2D eigenvalue weighted by Gasteiger charge is 2.36. The van der Waals surface area contributed by atoms with Crippen molar-refractivity contribution in [1.29, 1.82) is 0 Å². The second-order valence-electron chi connectivity index (χ2n) is 5.12. The summed E-state index contributed by atoms with van der Waals surface area (Å²) in [6.07, 6.45) is 0. The fraction of sp³-hybridized carbons (Fsp3) is 0.429. The van der Waals surface area contributed by atoms with Gasteiger partial charge in [0.25, 0.3) is 0 Å².